The van der Waals surface area contributed by atoms with E-state index >= 15 is 0 Å². The Bertz CT molecular complexity index is 539. The fraction of sp³-hybridized carbons (Fsp3) is 0.600. The molecule has 0 radical (unpaired) electrons. The van der Waals surface area contributed by atoms with Crippen molar-refractivity contribution in [1.82, 2.24) is 9.80 Å². The molecule has 0 unspecified atom stereocenters. The van der Waals surface area contributed by atoms with Crippen LogP contribution < -0.4 is 4.74 Å². The van der Waals surface area contributed by atoms with Gasteiger partial charge in [0.25, 0.3) is 0 Å². The van der Waals surface area contributed by atoms with Crippen molar-refractivity contribution in [3.05, 3.63) is 30.3 Å². The number of piperidine rings is 1. The van der Waals surface area contributed by atoms with Crippen molar-refractivity contribution < 1.29 is 14.3 Å². The van der Waals surface area contributed by atoms with Gasteiger partial charge < -0.3 is 14.5 Å². The Kier molecular flexibility index (Phi) is 7.76. The third-order valence-electron chi connectivity index (χ3n) is 4.75. The maximum Gasteiger partial charge on any atom is 0.225 e. The van der Waals surface area contributed by atoms with Crippen molar-refractivity contribution in [1.29, 1.82) is 0 Å². The average Bonchev–Trinajstić information content (AvgIpc) is 2.66. The quantitative estimate of drug-likeness (QED) is 0.727. The predicted octanol–water partition coefficient (Wildman–Crippen LogP) is 2.95. The van der Waals surface area contributed by atoms with Crippen molar-refractivity contribution in [2.45, 2.75) is 39.0 Å². The summed E-state index contributed by atoms with van der Waals surface area (Å²) >= 11 is 0. The van der Waals surface area contributed by atoms with Gasteiger partial charge in [0.2, 0.25) is 11.8 Å². The van der Waals surface area contributed by atoms with Gasteiger partial charge in [-0.15, -0.1) is 0 Å². The van der Waals surface area contributed by atoms with E-state index in [0.717, 1.165) is 38.0 Å². The van der Waals surface area contributed by atoms with E-state index in [2.05, 4.69) is 6.92 Å². The Labute approximate surface area is 150 Å². The normalized spacial score (nSPS) is 15.0. The molecule has 5 nitrogen and oxygen atoms in total. The molecule has 0 bridgehead atoms. The molecule has 1 heterocycles. The van der Waals surface area contributed by atoms with Crippen LogP contribution in [0.25, 0.3) is 0 Å². The number of ether oxygens (including phenoxy) is 1. The fourth-order valence-corrected chi connectivity index (χ4v) is 3.12. The first-order valence-corrected chi connectivity index (χ1v) is 9.32. The van der Waals surface area contributed by atoms with Gasteiger partial charge in [0, 0.05) is 32.6 Å². The molecule has 0 spiro atoms. The SMILES string of the molecule is CCCCN(C)C(=O)C1CCN(C(=O)CCOc2ccccc2)CC1. The van der Waals surface area contributed by atoms with Gasteiger partial charge in [-0.25, -0.2) is 0 Å². The summed E-state index contributed by atoms with van der Waals surface area (Å²) in [5.41, 5.74) is 0. The molecular formula is C20H30N2O3. The van der Waals surface area contributed by atoms with Crippen LogP contribution in [0.3, 0.4) is 0 Å². The van der Waals surface area contributed by atoms with Crippen LogP contribution in [0.1, 0.15) is 39.0 Å². The summed E-state index contributed by atoms with van der Waals surface area (Å²) in [5, 5.41) is 0. The maximum absolute atomic E-state index is 12.4. The second-order valence-corrected chi connectivity index (χ2v) is 6.68. The first-order valence-electron chi connectivity index (χ1n) is 9.32. The van der Waals surface area contributed by atoms with E-state index in [9.17, 15) is 9.59 Å². The van der Waals surface area contributed by atoms with Gasteiger partial charge in [0.1, 0.15) is 5.75 Å². The third-order valence-corrected chi connectivity index (χ3v) is 4.75. The summed E-state index contributed by atoms with van der Waals surface area (Å²) in [6.45, 7) is 4.68. The molecule has 0 N–H and O–H groups in total. The standard InChI is InChI=1S/C20H30N2O3/c1-3-4-13-21(2)20(24)17-10-14-22(15-11-17)19(23)12-16-25-18-8-6-5-7-9-18/h5-9,17H,3-4,10-16H2,1-2H3. The summed E-state index contributed by atoms with van der Waals surface area (Å²) in [7, 11) is 1.89. The molecule has 1 fully saturated rings. The van der Waals surface area contributed by atoms with E-state index in [1.165, 1.54) is 0 Å². The van der Waals surface area contributed by atoms with Gasteiger partial charge >= 0.3 is 0 Å². The molecule has 0 aromatic heterocycles. The third kappa shape index (κ3) is 6.07. The summed E-state index contributed by atoms with van der Waals surface area (Å²) in [5.74, 6) is 1.19. The molecule has 2 rings (SSSR count). The molecule has 1 aromatic rings. The number of carbonyl (C=O) groups is 2. The molecule has 1 aliphatic rings. The molecule has 25 heavy (non-hydrogen) atoms. The molecular weight excluding hydrogens is 316 g/mol. The smallest absolute Gasteiger partial charge is 0.225 e. The first-order chi connectivity index (χ1) is 12.1. The molecule has 2 amide bonds. The van der Waals surface area contributed by atoms with E-state index in [4.69, 9.17) is 4.74 Å². The highest BCUT2D eigenvalue weighted by molar-refractivity contribution is 5.80. The van der Waals surface area contributed by atoms with Crippen LogP contribution in [0, 0.1) is 5.92 Å². The van der Waals surface area contributed by atoms with Crippen molar-refractivity contribution in [3.63, 3.8) is 0 Å². The van der Waals surface area contributed by atoms with Crippen LogP contribution in [0.4, 0.5) is 0 Å². The van der Waals surface area contributed by atoms with Crippen LogP contribution in [-0.4, -0.2) is 54.9 Å². The van der Waals surface area contributed by atoms with Crippen molar-refractivity contribution in [3.8, 4) is 5.75 Å². The lowest BCUT2D eigenvalue weighted by Gasteiger charge is -2.33. The zero-order valence-corrected chi connectivity index (χ0v) is 15.4. The summed E-state index contributed by atoms with van der Waals surface area (Å²) in [6, 6.07) is 9.53. The summed E-state index contributed by atoms with van der Waals surface area (Å²) in [4.78, 5) is 28.4. The lowest BCUT2D eigenvalue weighted by atomic mass is 9.95. The highest BCUT2D eigenvalue weighted by atomic mass is 16.5. The number of amides is 2. The van der Waals surface area contributed by atoms with E-state index in [1.54, 1.807) is 0 Å². The Balaban J connectivity index is 1.68. The van der Waals surface area contributed by atoms with Gasteiger partial charge in [-0.3, -0.25) is 9.59 Å². The number of rotatable bonds is 8. The monoisotopic (exact) mass is 346 g/mol. The van der Waals surface area contributed by atoms with Gasteiger partial charge in [-0.2, -0.15) is 0 Å². The van der Waals surface area contributed by atoms with Crippen LogP contribution in [0.15, 0.2) is 30.3 Å². The number of carbonyl (C=O) groups excluding carboxylic acids is 2. The average molecular weight is 346 g/mol. The largest absolute Gasteiger partial charge is 0.493 e. The molecule has 1 aromatic carbocycles. The Morgan fingerprint density at radius 1 is 1.20 bits per heavy atom. The van der Waals surface area contributed by atoms with E-state index in [1.807, 2.05) is 47.2 Å². The van der Waals surface area contributed by atoms with E-state index in [0.29, 0.717) is 26.1 Å². The Morgan fingerprint density at radius 3 is 2.52 bits per heavy atom. The minimum Gasteiger partial charge on any atom is -0.493 e. The predicted molar refractivity (Wildman–Crippen MR) is 98.4 cm³/mol. The maximum atomic E-state index is 12.4. The van der Waals surface area contributed by atoms with Crippen LogP contribution in [0.2, 0.25) is 0 Å². The highest BCUT2D eigenvalue weighted by Crippen LogP contribution is 2.20. The lowest BCUT2D eigenvalue weighted by Crippen LogP contribution is -2.43. The van der Waals surface area contributed by atoms with Crippen LogP contribution in [-0.2, 0) is 9.59 Å². The number of unbranched alkanes of at least 4 members (excludes halogenated alkanes) is 1. The van der Waals surface area contributed by atoms with Crippen LogP contribution in [0.5, 0.6) is 5.75 Å². The second-order valence-electron chi connectivity index (χ2n) is 6.68. The molecule has 5 heteroatoms. The number of nitrogens with zero attached hydrogens (tertiary/aromatic N) is 2. The van der Waals surface area contributed by atoms with E-state index in [-0.39, 0.29) is 17.7 Å². The van der Waals surface area contributed by atoms with Gasteiger partial charge in [0.15, 0.2) is 0 Å². The van der Waals surface area contributed by atoms with Crippen molar-refractivity contribution in [2.24, 2.45) is 5.92 Å². The Hall–Kier alpha value is -2.04. The number of hydrogen-bond acceptors (Lipinski definition) is 3. The topological polar surface area (TPSA) is 49.9 Å². The molecule has 1 aliphatic heterocycles. The van der Waals surface area contributed by atoms with Gasteiger partial charge in [-0.1, -0.05) is 31.5 Å². The minimum absolute atomic E-state index is 0.0616. The highest BCUT2D eigenvalue weighted by Gasteiger charge is 2.28. The van der Waals surface area contributed by atoms with Gasteiger partial charge in [0.05, 0.1) is 13.0 Å². The number of likely N-dealkylation sites (tertiary alicyclic amines) is 1. The molecule has 1 saturated heterocycles. The molecule has 138 valence electrons. The summed E-state index contributed by atoms with van der Waals surface area (Å²) in [6.07, 6.45) is 4.04. The lowest BCUT2D eigenvalue weighted by molar-refractivity contribution is -0.140. The zero-order valence-electron chi connectivity index (χ0n) is 15.4. The summed E-state index contributed by atoms with van der Waals surface area (Å²) < 4.78 is 5.59. The fourth-order valence-electron chi connectivity index (χ4n) is 3.12. The van der Waals surface area contributed by atoms with E-state index < -0.39 is 0 Å². The van der Waals surface area contributed by atoms with Crippen molar-refractivity contribution >= 4 is 11.8 Å². The number of benzene rings is 1. The molecule has 0 saturated carbocycles. The number of para-hydroxylation sites is 1. The van der Waals surface area contributed by atoms with Gasteiger partial charge in [-0.05, 0) is 31.4 Å². The molecule has 0 atom stereocenters. The molecule has 0 aliphatic carbocycles. The number of hydrogen-bond donors (Lipinski definition) is 0. The Morgan fingerprint density at radius 2 is 1.88 bits per heavy atom. The minimum atomic E-state index is 0.0616. The zero-order chi connectivity index (χ0) is 18.1. The first kappa shape index (κ1) is 19.3. The van der Waals surface area contributed by atoms with Crippen LogP contribution >= 0.6 is 0 Å². The van der Waals surface area contributed by atoms with Crippen molar-refractivity contribution in [2.75, 3.05) is 33.3 Å². The second kappa shape index (κ2) is 10.1.